The van der Waals surface area contributed by atoms with Crippen LogP contribution >= 0.6 is 0 Å². The fourth-order valence-corrected chi connectivity index (χ4v) is 4.89. The summed E-state index contributed by atoms with van der Waals surface area (Å²) in [6.45, 7) is 4.91. The van der Waals surface area contributed by atoms with Crippen LogP contribution in [-0.4, -0.2) is 63.2 Å². The summed E-state index contributed by atoms with van der Waals surface area (Å²) in [5.41, 5.74) is 3.16. The summed E-state index contributed by atoms with van der Waals surface area (Å²) in [7, 11) is 0. The van der Waals surface area contributed by atoms with Gasteiger partial charge in [0.25, 0.3) is 0 Å². The van der Waals surface area contributed by atoms with Crippen LogP contribution < -0.4 is 5.32 Å². The van der Waals surface area contributed by atoms with E-state index < -0.39 is 0 Å². The lowest BCUT2D eigenvalue weighted by Crippen LogP contribution is -2.48. The first-order valence-electron chi connectivity index (χ1n) is 12.0. The predicted octanol–water partition coefficient (Wildman–Crippen LogP) is 3.68. The Labute approximate surface area is 195 Å². The number of nitrogens with one attached hydrogen (secondary N) is 1. The SMILES string of the molecule is O=C(CN1CCN(Cc2ccccn2)CC1)Nc1cc(C2CCCC2)nn1-c1ccccc1. The van der Waals surface area contributed by atoms with E-state index >= 15 is 0 Å². The first-order chi connectivity index (χ1) is 16.2. The maximum atomic E-state index is 12.9. The first kappa shape index (κ1) is 21.8. The minimum Gasteiger partial charge on any atom is -0.309 e. The molecule has 2 aliphatic rings. The molecule has 0 spiro atoms. The Morgan fingerprint density at radius 2 is 1.67 bits per heavy atom. The number of amides is 1. The Kier molecular flexibility index (Phi) is 6.79. The number of piperazine rings is 1. The lowest BCUT2D eigenvalue weighted by atomic mass is 10.0. The Bertz CT molecular complexity index is 1040. The third-order valence-electron chi connectivity index (χ3n) is 6.71. The molecule has 0 radical (unpaired) electrons. The second kappa shape index (κ2) is 10.3. The predicted molar refractivity (Wildman–Crippen MR) is 129 cm³/mol. The number of nitrogens with zero attached hydrogens (tertiary/aromatic N) is 5. The van der Waals surface area contributed by atoms with E-state index in [4.69, 9.17) is 5.10 Å². The number of benzene rings is 1. The van der Waals surface area contributed by atoms with Gasteiger partial charge in [0, 0.05) is 50.9 Å². The van der Waals surface area contributed by atoms with E-state index in [1.807, 2.05) is 53.3 Å². The molecule has 2 fully saturated rings. The molecule has 3 heterocycles. The molecule has 0 atom stereocenters. The highest BCUT2D eigenvalue weighted by molar-refractivity contribution is 5.91. The van der Waals surface area contributed by atoms with Gasteiger partial charge in [-0.1, -0.05) is 37.1 Å². The zero-order valence-electron chi connectivity index (χ0n) is 19.1. The lowest BCUT2D eigenvalue weighted by molar-refractivity contribution is -0.117. The third-order valence-corrected chi connectivity index (χ3v) is 6.71. The summed E-state index contributed by atoms with van der Waals surface area (Å²) in [6, 6.07) is 18.2. The van der Waals surface area contributed by atoms with Crippen LogP contribution in [0.4, 0.5) is 5.82 Å². The van der Waals surface area contributed by atoms with Crippen molar-refractivity contribution >= 4 is 11.7 Å². The Hall–Kier alpha value is -3.03. The van der Waals surface area contributed by atoms with Gasteiger partial charge in [-0.2, -0.15) is 5.10 Å². The molecule has 33 heavy (non-hydrogen) atoms. The highest BCUT2D eigenvalue weighted by atomic mass is 16.2. The van der Waals surface area contributed by atoms with Crippen molar-refractivity contribution < 1.29 is 4.79 Å². The Morgan fingerprint density at radius 1 is 0.939 bits per heavy atom. The van der Waals surface area contributed by atoms with E-state index in [2.05, 4.69) is 32.2 Å². The van der Waals surface area contributed by atoms with Gasteiger partial charge in [-0.15, -0.1) is 0 Å². The minimum atomic E-state index is 0.0169. The van der Waals surface area contributed by atoms with Crippen LogP contribution in [0.1, 0.15) is 43.0 Å². The molecule has 172 valence electrons. The average molecular weight is 445 g/mol. The molecule has 1 N–H and O–H groups in total. The fourth-order valence-electron chi connectivity index (χ4n) is 4.89. The van der Waals surface area contributed by atoms with Crippen LogP contribution in [0.5, 0.6) is 0 Å². The summed E-state index contributed by atoms with van der Waals surface area (Å²) in [5.74, 6) is 1.28. The molecule has 1 aliphatic carbocycles. The summed E-state index contributed by atoms with van der Waals surface area (Å²) in [4.78, 5) is 22.0. The summed E-state index contributed by atoms with van der Waals surface area (Å²) < 4.78 is 1.89. The van der Waals surface area contributed by atoms with E-state index in [-0.39, 0.29) is 5.91 Å². The molecule has 7 heteroatoms. The van der Waals surface area contributed by atoms with E-state index in [1.54, 1.807) is 0 Å². The van der Waals surface area contributed by atoms with E-state index in [9.17, 15) is 4.79 Å². The Morgan fingerprint density at radius 3 is 2.39 bits per heavy atom. The number of pyridine rings is 1. The van der Waals surface area contributed by atoms with Crippen molar-refractivity contribution in [2.75, 3.05) is 38.0 Å². The molecule has 1 aliphatic heterocycles. The number of hydrogen-bond acceptors (Lipinski definition) is 5. The zero-order valence-corrected chi connectivity index (χ0v) is 19.1. The summed E-state index contributed by atoms with van der Waals surface area (Å²) >= 11 is 0. The highest BCUT2D eigenvalue weighted by Crippen LogP contribution is 2.35. The second-order valence-corrected chi connectivity index (χ2v) is 9.10. The number of anilines is 1. The number of hydrogen-bond donors (Lipinski definition) is 1. The Balaban J connectivity index is 1.20. The molecule has 3 aromatic rings. The monoisotopic (exact) mass is 444 g/mol. The van der Waals surface area contributed by atoms with Gasteiger partial charge >= 0.3 is 0 Å². The lowest BCUT2D eigenvalue weighted by Gasteiger charge is -2.34. The van der Waals surface area contributed by atoms with Gasteiger partial charge in [-0.05, 0) is 37.1 Å². The first-order valence-corrected chi connectivity index (χ1v) is 12.0. The second-order valence-electron chi connectivity index (χ2n) is 9.10. The number of rotatable bonds is 7. The van der Waals surface area contributed by atoms with Crippen molar-refractivity contribution in [3.05, 3.63) is 72.2 Å². The molecule has 1 amide bonds. The van der Waals surface area contributed by atoms with Crippen molar-refractivity contribution in [3.8, 4) is 5.69 Å². The molecule has 2 aromatic heterocycles. The maximum absolute atomic E-state index is 12.9. The van der Waals surface area contributed by atoms with Gasteiger partial charge in [0.05, 0.1) is 23.6 Å². The van der Waals surface area contributed by atoms with Gasteiger partial charge in [0.1, 0.15) is 5.82 Å². The van der Waals surface area contributed by atoms with Crippen LogP contribution in [-0.2, 0) is 11.3 Å². The molecule has 1 saturated carbocycles. The van der Waals surface area contributed by atoms with Gasteiger partial charge in [0.15, 0.2) is 0 Å². The van der Waals surface area contributed by atoms with Crippen LogP contribution in [0.3, 0.4) is 0 Å². The van der Waals surface area contributed by atoms with Gasteiger partial charge < -0.3 is 5.32 Å². The summed E-state index contributed by atoms with van der Waals surface area (Å²) in [5, 5.41) is 8.04. The van der Waals surface area contributed by atoms with Crippen molar-refractivity contribution in [1.82, 2.24) is 24.6 Å². The number of carbonyl (C=O) groups is 1. The third kappa shape index (κ3) is 5.49. The van der Waals surface area contributed by atoms with Crippen LogP contribution in [0.15, 0.2) is 60.8 Å². The molecular weight excluding hydrogens is 412 g/mol. The van der Waals surface area contributed by atoms with Crippen LogP contribution in [0.25, 0.3) is 5.69 Å². The van der Waals surface area contributed by atoms with E-state index in [1.165, 1.54) is 25.7 Å². The van der Waals surface area contributed by atoms with Crippen molar-refractivity contribution in [2.24, 2.45) is 0 Å². The van der Waals surface area contributed by atoms with Gasteiger partial charge in [-0.3, -0.25) is 19.6 Å². The standard InChI is InChI=1S/C26H32N6O/c33-26(20-31-16-14-30(15-17-31)19-22-10-6-7-13-27-22)28-25-18-24(21-8-4-5-9-21)29-32(25)23-11-2-1-3-12-23/h1-3,6-7,10-13,18,21H,4-5,8-9,14-17,19-20H2,(H,28,33). The zero-order chi connectivity index (χ0) is 22.5. The van der Waals surface area contributed by atoms with E-state index in [0.29, 0.717) is 12.5 Å². The van der Waals surface area contributed by atoms with Crippen molar-refractivity contribution in [3.63, 3.8) is 0 Å². The van der Waals surface area contributed by atoms with Gasteiger partial charge in [0.2, 0.25) is 5.91 Å². The van der Waals surface area contributed by atoms with Crippen molar-refractivity contribution in [2.45, 2.75) is 38.1 Å². The normalized spacial score (nSPS) is 17.9. The molecule has 1 aromatic carbocycles. The molecule has 0 bridgehead atoms. The van der Waals surface area contributed by atoms with Crippen molar-refractivity contribution in [1.29, 1.82) is 0 Å². The average Bonchev–Trinajstić information content (AvgIpc) is 3.52. The maximum Gasteiger partial charge on any atom is 0.239 e. The van der Waals surface area contributed by atoms with E-state index in [0.717, 1.165) is 55.6 Å². The molecule has 1 saturated heterocycles. The largest absolute Gasteiger partial charge is 0.309 e. The smallest absolute Gasteiger partial charge is 0.239 e. The van der Waals surface area contributed by atoms with Gasteiger partial charge in [-0.25, -0.2) is 4.68 Å². The highest BCUT2D eigenvalue weighted by Gasteiger charge is 2.24. The number of para-hydroxylation sites is 1. The quantitative estimate of drug-likeness (QED) is 0.602. The molecule has 5 rings (SSSR count). The molecule has 7 nitrogen and oxygen atoms in total. The number of carbonyl (C=O) groups excluding carboxylic acids is 1. The molecular formula is C26H32N6O. The van der Waals surface area contributed by atoms with Crippen LogP contribution in [0, 0.1) is 0 Å². The molecule has 0 unspecified atom stereocenters. The topological polar surface area (TPSA) is 66.3 Å². The number of aromatic nitrogens is 3. The fraction of sp³-hybridized carbons (Fsp3) is 0.423. The minimum absolute atomic E-state index is 0.0169. The summed E-state index contributed by atoms with van der Waals surface area (Å²) in [6.07, 6.45) is 6.73. The van der Waals surface area contributed by atoms with Crippen LogP contribution in [0.2, 0.25) is 0 Å².